The Hall–Kier alpha value is -1.02. The number of hydrogen-bond donors (Lipinski definition) is 1. The molecule has 0 bridgehead atoms. The van der Waals surface area contributed by atoms with Crippen LogP contribution < -0.4 is 10.1 Å². The standard InChI is InChI=1S/C16H20BrNO2/c1-3-9-20-15-6-5-14(17)10-13(15)11-18-12-16(19-2)7-4-8-16/h1,5-6,10,18H,4,7-9,11-12H2,2H3. The van der Waals surface area contributed by atoms with E-state index in [0.29, 0.717) is 0 Å². The van der Waals surface area contributed by atoms with Crippen LogP contribution in [0.2, 0.25) is 0 Å². The van der Waals surface area contributed by atoms with Gasteiger partial charge < -0.3 is 14.8 Å². The van der Waals surface area contributed by atoms with Crippen LogP contribution >= 0.6 is 15.9 Å². The molecule has 0 amide bonds. The Morgan fingerprint density at radius 1 is 1.45 bits per heavy atom. The van der Waals surface area contributed by atoms with Gasteiger partial charge in [-0.05, 0) is 37.5 Å². The van der Waals surface area contributed by atoms with Crippen molar-refractivity contribution in [3.8, 4) is 18.1 Å². The van der Waals surface area contributed by atoms with Crippen molar-refractivity contribution in [3.63, 3.8) is 0 Å². The minimum atomic E-state index is 0.0336. The number of benzene rings is 1. The van der Waals surface area contributed by atoms with Gasteiger partial charge in [0.05, 0.1) is 5.60 Å². The van der Waals surface area contributed by atoms with Gasteiger partial charge >= 0.3 is 0 Å². The van der Waals surface area contributed by atoms with Crippen LogP contribution in [0, 0.1) is 12.3 Å². The minimum absolute atomic E-state index is 0.0336. The molecule has 1 aromatic rings. The highest BCUT2D eigenvalue weighted by atomic mass is 79.9. The monoisotopic (exact) mass is 337 g/mol. The molecule has 0 heterocycles. The number of ether oxygens (including phenoxy) is 2. The van der Waals surface area contributed by atoms with E-state index in [1.807, 2.05) is 12.1 Å². The number of terminal acetylenes is 1. The number of rotatable bonds is 7. The molecule has 1 saturated carbocycles. The quantitative estimate of drug-likeness (QED) is 0.775. The number of methoxy groups -OCH3 is 1. The van der Waals surface area contributed by atoms with Crippen LogP contribution in [0.15, 0.2) is 22.7 Å². The highest BCUT2D eigenvalue weighted by Crippen LogP contribution is 2.34. The Kier molecular flexibility index (Phi) is 5.47. The molecular weight excluding hydrogens is 318 g/mol. The zero-order valence-corrected chi connectivity index (χ0v) is 13.3. The second-order valence-electron chi connectivity index (χ2n) is 5.09. The molecular formula is C16H20BrNO2. The van der Waals surface area contributed by atoms with Crippen molar-refractivity contribution in [3.05, 3.63) is 28.2 Å². The molecule has 108 valence electrons. The number of hydrogen-bond acceptors (Lipinski definition) is 3. The van der Waals surface area contributed by atoms with Gasteiger partial charge in [0, 0.05) is 30.2 Å². The van der Waals surface area contributed by atoms with E-state index in [1.165, 1.54) is 6.42 Å². The lowest BCUT2D eigenvalue weighted by Gasteiger charge is -2.40. The van der Waals surface area contributed by atoms with E-state index in [1.54, 1.807) is 7.11 Å². The highest BCUT2D eigenvalue weighted by Gasteiger charge is 2.36. The van der Waals surface area contributed by atoms with Crippen LogP contribution in [0.1, 0.15) is 24.8 Å². The molecule has 1 aliphatic rings. The zero-order chi connectivity index (χ0) is 14.4. The van der Waals surface area contributed by atoms with E-state index >= 15 is 0 Å². The van der Waals surface area contributed by atoms with Crippen molar-refractivity contribution >= 4 is 15.9 Å². The third kappa shape index (κ3) is 3.76. The van der Waals surface area contributed by atoms with Gasteiger partial charge in [-0.1, -0.05) is 21.9 Å². The predicted octanol–water partition coefficient (Wildman–Crippen LogP) is 3.12. The normalized spacial score (nSPS) is 16.2. The molecule has 1 aromatic carbocycles. The Morgan fingerprint density at radius 2 is 2.25 bits per heavy atom. The van der Waals surface area contributed by atoms with E-state index in [0.717, 1.165) is 41.7 Å². The molecule has 1 aliphatic carbocycles. The summed E-state index contributed by atoms with van der Waals surface area (Å²) >= 11 is 3.49. The van der Waals surface area contributed by atoms with Gasteiger partial charge in [-0.2, -0.15) is 0 Å². The lowest BCUT2D eigenvalue weighted by atomic mass is 9.80. The molecule has 0 spiro atoms. The van der Waals surface area contributed by atoms with Crippen molar-refractivity contribution in [1.29, 1.82) is 0 Å². The maximum Gasteiger partial charge on any atom is 0.148 e. The Labute approximate surface area is 129 Å². The maximum absolute atomic E-state index is 5.60. The van der Waals surface area contributed by atoms with E-state index in [4.69, 9.17) is 15.9 Å². The third-order valence-corrected chi connectivity index (χ3v) is 4.29. The van der Waals surface area contributed by atoms with E-state index in [-0.39, 0.29) is 12.2 Å². The molecule has 0 aliphatic heterocycles. The summed E-state index contributed by atoms with van der Waals surface area (Å²) in [5.41, 5.74) is 1.13. The first-order chi connectivity index (χ1) is 9.69. The fourth-order valence-corrected chi connectivity index (χ4v) is 2.80. The van der Waals surface area contributed by atoms with Gasteiger partial charge in [-0.15, -0.1) is 6.42 Å². The van der Waals surface area contributed by atoms with Crippen LogP contribution in [-0.4, -0.2) is 25.9 Å². The van der Waals surface area contributed by atoms with Gasteiger partial charge in [0.2, 0.25) is 0 Å². The summed E-state index contributed by atoms with van der Waals surface area (Å²) in [6, 6.07) is 5.95. The summed E-state index contributed by atoms with van der Waals surface area (Å²) in [5.74, 6) is 3.32. The van der Waals surface area contributed by atoms with Crippen LogP contribution in [0.3, 0.4) is 0 Å². The summed E-state index contributed by atoms with van der Waals surface area (Å²) < 4.78 is 12.2. The molecule has 1 N–H and O–H groups in total. The first-order valence-corrected chi connectivity index (χ1v) is 7.59. The molecule has 0 aromatic heterocycles. The largest absolute Gasteiger partial charge is 0.481 e. The lowest BCUT2D eigenvalue weighted by molar-refractivity contribution is -0.0695. The van der Waals surface area contributed by atoms with Crippen LogP contribution in [0.4, 0.5) is 0 Å². The van der Waals surface area contributed by atoms with Crippen LogP contribution in [-0.2, 0) is 11.3 Å². The first kappa shape index (κ1) is 15.4. The maximum atomic E-state index is 5.60. The molecule has 0 unspecified atom stereocenters. The summed E-state index contributed by atoms with van der Waals surface area (Å²) in [7, 11) is 1.79. The van der Waals surface area contributed by atoms with Gasteiger partial charge in [0.25, 0.3) is 0 Å². The molecule has 1 fully saturated rings. The summed E-state index contributed by atoms with van der Waals surface area (Å²) in [6.45, 7) is 1.89. The van der Waals surface area contributed by atoms with Gasteiger partial charge in [0.15, 0.2) is 0 Å². The summed E-state index contributed by atoms with van der Waals surface area (Å²) in [4.78, 5) is 0. The zero-order valence-electron chi connectivity index (χ0n) is 11.7. The smallest absolute Gasteiger partial charge is 0.148 e. The summed E-state index contributed by atoms with van der Waals surface area (Å²) in [6.07, 6.45) is 8.76. The first-order valence-electron chi connectivity index (χ1n) is 6.80. The van der Waals surface area contributed by atoms with Crippen molar-refractivity contribution in [1.82, 2.24) is 5.32 Å². The predicted molar refractivity (Wildman–Crippen MR) is 83.8 cm³/mol. The molecule has 4 heteroatoms. The van der Waals surface area contributed by atoms with Gasteiger partial charge in [-0.25, -0.2) is 0 Å². The molecule has 3 nitrogen and oxygen atoms in total. The SMILES string of the molecule is C#CCOc1ccc(Br)cc1CNCC1(OC)CCC1. The average Bonchev–Trinajstić information content (AvgIpc) is 2.41. The molecule has 2 rings (SSSR count). The second kappa shape index (κ2) is 7.12. The van der Waals surface area contributed by atoms with Crippen LogP contribution in [0.25, 0.3) is 0 Å². The van der Waals surface area contributed by atoms with E-state index in [9.17, 15) is 0 Å². The van der Waals surface area contributed by atoms with Crippen molar-refractivity contribution in [2.45, 2.75) is 31.4 Å². The van der Waals surface area contributed by atoms with Crippen molar-refractivity contribution < 1.29 is 9.47 Å². The molecule has 0 saturated heterocycles. The van der Waals surface area contributed by atoms with Crippen LogP contribution in [0.5, 0.6) is 5.75 Å². The summed E-state index contributed by atoms with van der Waals surface area (Å²) in [5, 5.41) is 3.46. The van der Waals surface area contributed by atoms with Crippen molar-refractivity contribution in [2.75, 3.05) is 20.3 Å². The Bertz CT molecular complexity index is 486. The number of halogens is 1. The molecule has 0 atom stereocenters. The highest BCUT2D eigenvalue weighted by molar-refractivity contribution is 9.10. The second-order valence-corrected chi connectivity index (χ2v) is 6.00. The topological polar surface area (TPSA) is 30.5 Å². The van der Waals surface area contributed by atoms with Gasteiger partial charge in [-0.3, -0.25) is 0 Å². The molecule has 20 heavy (non-hydrogen) atoms. The third-order valence-electron chi connectivity index (χ3n) is 3.79. The van der Waals surface area contributed by atoms with E-state index < -0.39 is 0 Å². The fraction of sp³-hybridized carbons (Fsp3) is 0.500. The molecule has 0 radical (unpaired) electrons. The average molecular weight is 338 g/mol. The Balaban J connectivity index is 1.94. The van der Waals surface area contributed by atoms with Crippen molar-refractivity contribution in [2.24, 2.45) is 0 Å². The minimum Gasteiger partial charge on any atom is -0.481 e. The number of nitrogens with one attached hydrogen (secondary N) is 1. The van der Waals surface area contributed by atoms with E-state index in [2.05, 4.69) is 33.2 Å². The Morgan fingerprint density at radius 3 is 2.85 bits per heavy atom. The lowest BCUT2D eigenvalue weighted by Crippen LogP contribution is -2.47. The van der Waals surface area contributed by atoms with Gasteiger partial charge in [0.1, 0.15) is 12.4 Å². The fourth-order valence-electron chi connectivity index (χ4n) is 2.40.